The number of nitrogens with one attached hydrogen (secondary N) is 2. The molecule has 1 atom stereocenters. The second kappa shape index (κ2) is 6.17. The Balaban J connectivity index is 2.41. The predicted octanol–water partition coefficient (Wildman–Crippen LogP) is 1.26. The summed E-state index contributed by atoms with van der Waals surface area (Å²) in [5, 5.41) is 15.4. The Bertz CT molecular complexity index is 687. The first-order valence-electron chi connectivity index (χ1n) is 6.57. The first-order valence-corrected chi connectivity index (χ1v) is 6.57. The topological polar surface area (TPSA) is 104 Å². The first kappa shape index (κ1) is 14.7. The van der Waals surface area contributed by atoms with E-state index in [1.807, 2.05) is 6.92 Å². The number of aromatic nitrogens is 2. The van der Waals surface area contributed by atoms with Gasteiger partial charge in [0.2, 0.25) is 11.7 Å². The van der Waals surface area contributed by atoms with Crippen LogP contribution in [0.2, 0.25) is 0 Å². The number of para-hydroxylation sites is 1. The highest BCUT2D eigenvalue weighted by atomic mass is 16.4. The molecule has 0 aliphatic heterocycles. The molecule has 1 unspecified atom stereocenters. The van der Waals surface area contributed by atoms with Crippen molar-refractivity contribution in [2.45, 2.75) is 19.9 Å². The molecule has 0 fully saturated rings. The van der Waals surface area contributed by atoms with Crippen molar-refractivity contribution in [3.63, 3.8) is 0 Å². The van der Waals surface area contributed by atoms with Crippen LogP contribution < -0.4 is 10.6 Å². The van der Waals surface area contributed by atoms with Crippen LogP contribution in [0.3, 0.4) is 0 Å². The molecule has 110 valence electrons. The number of anilines is 1. The summed E-state index contributed by atoms with van der Waals surface area (Å²) >= 11 is 0. The summed E-state index contributed by atoms with van der Waals surface area (Å²) in [5.74, 6) is -1.37. The van der Waals surface area contributed by atoms with Crippen molar-refractivity contribution in [3.05, 3.63) is 30.1 Å². The van der Waals surface area contributed by atoms with Crippen LogP contribution in [0.4, 0.5) is 5.82 Å². The fourth-order valence-corrected chi connectivity index (χ4v) is 1.88. The van der Waals surface area contributed by atoms with Crippen molar-refractivity contribution in [1.29, 1.82) is 0 Å². The molecule has 0 saturated carbocycles. The minimum Gasteiger partial charge on any atom is -0.475 e. The van der Waals surface area contributed by atoms with Crippen molar-refractivity contribution in [1.82, 2.24) is 15.3 Å². The lowest BCUT2D eigenvalue weighted by molar-refractivity contribution is -0.121. The van der Waals surface area contributed by atoms with E-state index < -0.39 is 12.0 Å². The number of hydrogen-bond acceptors (Lipinski definition) is 5. The Morgan fingerprint density at radius 2 is 2.00 bits per heavy atom. The molecule has 7 heteroatoms. The van der Waals surface area contributed by atoms with Crippen LogP contribution in [0.1, 0.15) is 24.5 Å². The summed E-state index contributed by atoms with van der Waals surface area (Å²) in [6, 6.07) is 6.50. The number of carboxylic acid groups (broad SMARTS) is 1. The molecule has 0 aliphatic rings. The number of hydrogen-bond donors (Lipinski definition) is 3. The third kappa shape index (κ3) is 3.25. The molecule has 1 amide bonds. The summed E-state index contributed by atoms with van der Waals surface area (Å²) in [4.78, 5) is 30.8. The Morgan fingerprint density at radius 3 is 2.67 bits per heavy atom. The minimum atomic E-state index is -1.21. The zero-order chi connectivity index (χ0) is 15.4. The second-order valence-electron chi connectivity index (χ2n) is 4.48. The van der Waals surface area contributed by atoms with Crippen LogP contribution in [0, 0.1) is 0 Å². The molecular formula is C14H16N4O3. The highest BCUT2D eigenvalue weighted by Gasteiger charge is 2.17. The number of rotatable bonds is 5. The van der Waals surface area contributed by atoms with Crippen LogP contribution in [-0.4, -0.2) is 39.5 Å². The van der Waals surface area contributed by atoms with E-state index in [2.05, 4.69) is 20.6 Å². The van der Waals surface area contributed by atoms with Crippen molar-refractivity contribution in [3.8, 4) is 0 Å². The van der Waals surface area contributed by atoms with Gasteiger partial charge in [0.1, 0.15) is 11.9 Å². The number of nitrogens with zero attached hydrogens (tertiary/aromatic N) is 2. The average molecular weight is 288 g/mol. The van der Waals surface area contributed by atoms with Gasteiger partial charge < -0.3 is 15.7 Å². The smallest absolute Gasteiger partial charge is 0.374 e. The van der Waals surface area contributed by atoms with Gasteiger partial charge in [0.25, 0.3) is 0 Å². The number of fused-ring (bicyclic) bond motifs is 1. The van der Waals surface area contributed by atoms with Gasteiger partial charge in [-0.05, 0) is 26.0 Å². The summed E-state index contributed by atoms with van der Waals surface area (Å²) in [5.41, 5.74) is 0.510. The molecule has 1 heterocycles. The van der Waals surface area contributed by atoms with Gasteiger partial charge in [-0.15, -0.1) is 0 Å². The summed E-state index contributed by atoms with van der Waals surface area (Å²) in [7, 11) is 0. The van der Waals surface area contributed by atoms with Gasteiger partial charge in [-0.25, -0.2) is 14.8 Å². The Kier molecular flexibility index (Phi) is 4.32. The maximum absolute atomic E-state index is 11.8. The molecule has 0 aliphatic carbocycles. The molecule has 0 bridgehead atoms. The van der Waals surface area contributed by atoms with E-state index in [0.717, 1.165) is 0 Å². The van der Waals surface area contributed by atoms with Crippen LogP contribution in [0.25, 0.3) is 10.9 Å². The van der Waals surface area contributed by atoms with E-state index in [1.165, 1.54) is 0 Å². The second-order valence-corrected chi connectivity index (χ2v) is 4.48. The summed E-state index contributed by atoms with van der Waals surface area (Å²) in [6.45, 7) is 4.03. The Labute approximate surface area is 121 Å². The molecule has 3 N–H and O–H groups in total. The molecule has 7 nitrogen and oxygen atoms in total. The Morgan fingerprint density at radius 1 is 1.29 bits per heavy atom. The van der Waals surface area contributed by atoms with E-state index >= 15 is 0 Å². The molecule has 0 spiro atoms. The normalized spacial score (nSPS) is 11.9. The number of carboxylic acids is 1. The van der Waals surface area contributed by atoms with E-state index in [4.69, 9.17) is 5.11 Å². The standard InChI is InChI=1S/C14H16N4O3/c1-3-15-13(19)8(2)16-11-9-6-4-5-7-10(9)17-12(18-11)14(20)21/h4-8H,3H2,1-2H3,(H,15,19)(H,20,21)(H,16,17,18). The van der Waals surface area contributed by atoms with Crippen molar-refractivity contribution < 1.29 is 14.7 Å². The maximum atomic E-state index is 11.8. The summed E-state index contributed by atoms with van der Waals surface area (Å²) < 4.78 is 0. The average Bonchev–Trinajstić information content (AvgIpc) is 2.47. The fraction of sp³-hybridized carbons (Fsp3) is 0.286. The molecule has 1 aromatic heterocycles. The third-order valence-electron chi connectivity index (χ3n) is 2.89. The largest absolute Gasteiger partial charge is 0.475 e. The van der Waals surface area contributed by atoms with Gasteiger partial charge in [0.15, 0.2) is 0 Å². The van der Waals surface area contributed by atoms with Crippen LogP contribution >= 0.6 is 0 Å². The molecule has 2 rings (SSSR count). The molecule has 21 heavy (non-hydrogen) atoms. The molecule has 0 radical (unpaired) electrons. The molecular weight excluding hydrogens is 272 g/mol. The number of aromatic carboxylic acids is 1. The van der Waals surface area contributed by atoms with Crippen molar-refractivity contribution >= 4 is 28.6 Å². The van der Waals surface area contributed by atoms with Crippen LogP contribution in [0.15, 0.2) is 24.3 Å². The van der Waals surface area contributed by atoms with Gasteiger partial charge in [0, 0.05) is 11.9 Å². The molecule has 1 aromatic carbocycles. The zero-order valence-electron chi connectivity index (χ0n) is 11.8. The fourth-order valence-electron chi connectivity index (χ4n) is 1.88. The SMILES string of the molecule is CCNC(=O)C(C)Nc1nc(C(=O)O)nc2ccccc12. The van der Waals surface area contributed by atoms with Crippen LogP contribution in [-0.2, 0) is 4.79 Å². The maximum Gasteiger partial charge on any atom is 0.374 e. The highest BCUT2D eigenvalue weighted by Crippen LogP contribution is 2.20. The lowest BCUT2D eigenvalue weighted by Gasteiger charge is -2.15. The number of carbonyl (C=O) groups is 2. The monoisotopic (exact) mass is 288 g/mol. The highest BCUT2D eigenvalue weighted by molar-refractivity contribution is 5.95. The van der Waals surface area contributed by atoms with E-state index in [1.54, 1.807) is 31.2 Å². The van der Waals surface area contributed by atoms with Gasteiger partial charge in [0.05, 0.1) is 5.52 Å². The van der Waals surface area contributed by atoms with Gasteiger partial charge in [-0.3, -0.25) is 4.79 Å². The number of carbonyl (C=O) groups excluding carboxylic acids is 1. The predicted molar refractivity (Wildman–Crippen MR) is 78.3 cm³/mol. The minimum absolute atomic E-state index is 0.183. The molecule has 2 aromatic rings. The quantitative estimate of drug-likeness (QED) is 0.765. The van der Waals surface area contributed by atoms with Crippen molar-refractivity contribution in [2.75, 3.05) is 11.9 Å². The van der Waals surface area contributed by atoms with E-state index in [-0.39, 0.29) is 11.7 Å². The van der Waals surface area contributed by atoms with Crippen molar-refractivity contribution in [2.24, 2.45) is 0 Å². The van der Waals surface area contributed by atoms with Crippen LogP contribution in [0.5, 0.6) is 0 Å². The lowest BCUT2D eigenvalue weighted by Crippen LogP contribution is -2.37. The number of amides is 1. The van der Waals surface area contributed by atoms with Gasteiger partial charge in [-0.2, -0.15) is 0 Å². The number of benzene rings is 1. The van der Waals surface area contributed by atoms with E-state index in [0.29, 0.717) is 23.3 Å². The third-order valence-corrected chi connectivity index (χ3v) is 2.89. The van der Waals surface area contributed by atoms with Gasteiger partial charge >= 0.3 is 5.97 Å². The number of likely N-dealkylation sites (N-methyl/N-ethyl adjacent to an activating group) is 1. The molecule has 0 saturated heterocycles. The van der Waals surface area contributed by atoms with Gasteiger partial charge in [-0.1, -0.05) is 12.1 Å². The van der Waals surface area contributed by atoms with E-state index in [9.17, 15) is 9.59 Å². The first-order chi connectivity index (χ1) is 10.0. The summed E-state index contributed by atoms with van der Waals surface area (Å²) in [6.07, 6.45) is 0. The Hall–Kier alpha value is -2.70. The zero-order valence-corrected chi connectivity index (χ0v) is 11.8. The lowest BCUT2D eigenvalue weighted by atomic mass is 10.2.